The number of hydrogen-bond acceptors (Lipinski definition) is 5. The number of hydrogen-bond donors (Lipinski definition) is 3. The van der Waals surface area contributed by atoms with Crippen LogP contribution in [0.1, 0.15) is 50.6 Å². The van der Waals surface area contributed by atoms with Gasteiger partial charge in [-0.25, -0.2) is 0 Å². The number of nitrogens with one attached hydrogen (secondary N) is 1. The average Bonchev–Trinajstić information content (AvgIpc) is 2.65. The summed E-state index contributed by atoms with van der Waals surface area (Å²) >= 11 is 0. The molecule has 1 aliphatic carbocycles. The van der Waals surface area contributed by atoms with Crippen LogP contribution in [0.2, 0.25) is 0 Å². The molecule has 0 heterocycles. The molecule has 1 fully saturated rings. The normalized spacial score (nSPS) is 19.9. The Hall–Kier alpha value is -1.07. The third-order valence-corrected chi connectivity index (χ3v) is 7.38. The summed E-state index contributed by atoms with van der Waals surface area (Å²) in [5, 5.41) is 13.5. The van der Waals surface area contributed by atoms with Crippen molar-refractivity contribution in [2.75, 3.05) is 33.1 Å². The molecule has 154 valence electrons. The average molecular weight is 399 g/mol. The number of aliphatic hydroxyl groups is 1. The fraction of sp³-hybridized carbons (Fsp3) is 0.700. The zero-order valence-corrected chi connectivity index (χ0v) is 17.6. The van der Waals surface area contributed by atoms with Gasteiger partial charge in [0, 0.05) is 24.8 Å². The molecule has 1 saturated carbocycles. The highest BCUT2D eigenvalue weighted by Gasteiger charge is 2.28. The Kier molecular flexibility index (Phi) is 8.62. The van der Waals surface area contributed by atoms with E-state index in [0.717, 1.165) is 31.2 Å². The standard InChI is InChI=1S/C20H34NO5P/c1-15(17-9-19(25-2)11-20(10-17)26-3)21-12-18(22)14-27(23,24)13-16-7-5-4-6-8-16/h9-11,15-16,18,21-22H,4-8,12-14H2,1-3H3,(H,23,24)/t15?,18-/m1/s1. The zero-order valence-electron chi connectivity index (χ0n) is 16.7. The van der Waals surface area contributed by atoms with Gasteiger partial charge in [0.1, 0.15) is 11.5 Å². The van der Waals surface area contributed by atoms with Crippen LogP contribution in [0.15, 0.2) is 18.2 Å². The van der Waals surface area contributed by atoms with Crippen molar-refractivity contribution in [2.24, 2.45) is 5.92 Å². The lowest BCUT2D eigenvalue weighted by molar-refractivity contribution is 0.186. The highest BCUT2D eigenvalue weighted by atomic mass is 31.2. The van der Waals surface area contributed by atoms with Crippen molar-refractivity contribution < 1.29 is 24.0 Å². The number of benzene rings is 1. The van der Waals surface area contributed by atoms with E-state index >= 15 is 0 Å². The minimum Gasteiger partial charge on any atom is -0.497 e. The molecule has 1 aliphatic rings. The minimum atomic E-state index is -3.30. The molecule has 2 rings (SSSR count). The molecule has 27 heavy (non-hydrogen) atoms. The lowest BCUT2D eigenvalue weighted by Gasteiger charge is -2.25. The van der Waals surface area contributed by atoms with Gasteiger partial charge >= 0.3 is 0 Å². The van der Waals surface area contributed by atoms with E-state index in [2.05, 4.69) is 5.32 Å². The van der Waals surface area contributed by atoms with E-state index in [0.29, 0.717) is 23.6 Å². The summed E-state index contributed by atoms with van der Waals surface area (Å²) in [5.74, 6) is 1.73. The van der Waals surface area contributed by atoms with E-state index in [-0.39, 0.29) is 18.7 Å². The summed E-state index contributed by atoms with van der Waals surface area (Å²) in [6.45, 7) is 2.23. The summed E-state index contributed by atoms with van der Waals surface area (Å²) in [7, 11) is -0.0991. The maximum absolute atomic E-state index is 12.5. The van der Waals surface area contributed by atoms with Crippen molar-refractivity contribution in [2.45, 2.75) is 51.2 Å². The predicted octanol–water partition coefficient (Wildman–Crippen LogP) is 3.57. The summed E-state index contributed by atoms with van der Waals surface area (Å²) in [6, 6.07) is 5.57. The maximum atomic E-state index is 12.5. The Labute approximate surface area is 162 Å². The van der Waals surface area contributed by atoms with Crippen molar-refractivity contribution in [3.8, 4) is 11.5 Å². The topological polar surface area (TPSA) is 88.0 Å². The fourth-order valence-corrected chi connectivity index (χ4v) is 5.86. The molecular weight excluding hydrogens is 365 g/mol. The van der Waals surface area contributed by atoms with E-state index in [4.69, 9.17) is 9.47 Å². The summed E-state index contributed by atoms with van der Waals surface area (Å²) < 4.78 is 23.1. The molecule has 0 bridgehead atoms. The van der Waals surface area contributed by atoms with Crippen molar-refractivity contribution in [3.05, 3.63) is 23.8 Å². The van der Waals surface area contributed by atoms with Crippen LogP contribution in [-0.4, -0.2) is 49.2 Å². The van der Waals surface area contributed by atoms with Gasteiger partial charge in [-0.05, 0) is 43.4 Å². The monoisotopic (exact) mass is 399 g/mol. The first-order valence-corrected chi connectivity index (χ1v) is 11.8. The van der Waals surface area contributed by atoms with Gasteiger partial charge in [0.25, 0.3) is 0 Å². The van der Waals surface area contributed by atoms with Gasteiger partial charge in [0.05, 0.1) is 26.5 Å². The third kappa shape index (κ3) is 7.46. The molecule has 0 spiro atoms. The van der Waals surface area contributed by atoms with E-state index in [1.807, 2.05) is 19.1 Å². The van der Waals surface area contributed by atoms with E-state index in [1.54, 1.807) is 20.3 Å². The second-order valence-electron chi connectivity index (χ2n) is 7.65. The largest absolute Gasteiger partial charge is 0.497 e. The van der Waals surface area contributed by atoms with Gasteiger partial charge in [-0.1, -0.05) is 19.3 Å². The lowest BCUT2D eigenvalue weighted by atomic mass is 9.91. The van der Waals surface area contributed by atoms with Crippen LogP contribution in [-0.2, 0) is 4.57 Å². The van der Waals surface area contributed by atoms with E-state index < -0.39 is 13.5 Å². The van der Waals surface area contributed by atoms with Crippen LogP contribution >= 0.6 is 7.37 Å². The molecule has 0 aliphatic heterocycles. The quantitative estimate of drug-likeness (QED) is 0.522. The molecule has 7 heteroatoms. The first-order valence-electron chi connectivity index (χ1n) is 9.78. The van der Waals surface area contributed by atoms with Crippen LogP contribution in [0.25, 0.3) is 0 Å². The minimum absolute atomic E-state index is 0.0509. The van der Waals surface area contributed by atoms with Crippen LogP contribution in [0.4, 0.5) is 0 Å². The summed E-state index contributed by atoms with van der Waals surface area (Å²) in [6.07, 6.45) is 5.04. The van der Waals surface area contributed by atoms with Crippen LogP contribution in [0.5, 0.6) is 11.5 Å². The maximum Gasteiger partial charge on any atom is 0.203 e. The van der Waals surface area contributed by atoms with Crippen LogP contribution in [0.3, 0.4) is 0 Å². The van der Waals surface area contributed by atoms with Crippen molar-refractivity contribution in [3.63, 3.8) is 0 Å². The van der Waals surface area contributed by atoms with E-state index in [9.17, 15) is 14.6 Å². The SMILES string of the molecule is COc1cc(OC)cc(C(C)NC[C@@H](O)CP(=O)(O)CC2CCCCC2)c1. The molecular formula is C20H34NO5P. The van der Waals surface area contributed by atoms with Crippen LogP contribution in [0, 0.1) is 5.92 Å². The first kappa shape index (κ1) is 22.2. The van der Waals surface area contributed by atoms with Gasteiger partial charge in [-0.3, -0.25) is 4.57 Å². The Morgan fingerprint density at radius 2 is 1.74 bits per heavy atom. The van der Waals surface area contributed by atoms with Gasteiger partial charge in [0.15, 0.2) is 0 Å². The molecule has 1 aromatic carbocycles. The van der Waals surface area contributed by atoms with E-state index in [1.165, 1.54) is 6.42 Å². The van der Waals surface area contributed by atoms with Crippen LogP contribution < -0.4 is 14.8 Å². The highest BCUT2D eigenvalue weighted by Crippen LogP contribution is 2.45. The molecule has 2 unspecified atom stereocenters. The zero-order chi connectivity index (χ0) is 19.9. The van der Waals surface area contributed by atoms with Gasteiger partial charge < -0.3 is 24.8 Å². The number of methoxy groups -OCH3 is 2. The van der Waals surface area contributed by atoms with Crippen molar-refractivity contribution in [1.82, 2.24) is 5.32 Å². The third-order valence-electron chi connectivity index (χ3n) is 5.30. The Balaban J connectivity index is 1.85. The summed E-state index contributed by atoms with van der Waals surface area (Å²) in [4.78, 5) is 10.3. The molecule has 3 N–H and O–H groups in total. The molecule has 0 saturated heterocycles. The Morgan fingerprint density at radius 1 is 1.15 bits per heavy atom. The second-order valence-corrected chi connectivity index (χ2v) is 10.1. The molecule has 0 radical (unpaired) electrons. The van der Waals surface area contributed by atoms with Crippen molar-refractivity contribution in [1.29, 1.82) is 0 Å². The molecule has 1 aromatic rings. The lowest BCUT2D eigenvalue weighted by Crippen LogP contribution is -2.32. The Bertz CT molecular complexity index is 611. The number of aliphatic hydroxyl groups excluding tert-OH is 1. The number of rotatable bonds is 10. The van der Waals surface area contributed by atoms with Gasteiger partial charge in [0.2, 0.25) is 7.37 Å². The molecule has 0 aromatic heterocycles. The highest BCUT2D eigenvalue weighted by molar-refractivity contribution is 7.58. The molecule has 0 amide bonds. The predicted molar refractivity (Wildman–Crippen MR) is 108 cm³/mol. The fourth-order valence-electron chi connectivity index (χ4n) is 3.75. The van der Waals surface area contributed by atoms with Gasteiger partial charge in [-0.15, -0.1) is 0 Å². The number of ether oxygens (including phenoxy) is 2. The molecule has 3 atom stereocenters. The molecule has 6 nitrogen and oxygen atoms in total. The Morgan fingerprint density at radius 3 is 2.30 bits per heavy atom. The van der Waals surface area contributed by atoms with Crippen molar-refractivity contribution >= 4 is 7.37 Å². The second kappa shape index (κ2) is 10.5. The first-order chi connectivity index (χ1) is 12.8. The summed E-state index contributed by atoms with van der Waals surface area (Å²) in [5.41, 5.74) is 0.966. The van der Waals surface area contributed by atoms with Gasteiger partial charge in [-0.2, -0.15) is 0 Å². The smallest absolute Gasteiger partial charge is 0.203 e.